The number of aromatic nitrogens is 2. The van der Waals surface area contributed by atoms with Crippen molar-refractivity contribution in [2.45, 2.75) is 20.8 Å². The molecule has 134 valence electrons. The van der Waals surface area contributed by atoms with Gasteiger partial charge in [0.25, 0.3) is 0 Å². The van der Waals surface area contributed by atoms with Gasteiger partial charge in [-0.25, -0.2) is 9.97 Å². The number of benzene rings is 1. The van der Waals surface area contributed by atoms with E-state index in [2.05, 4.69) is 29.1 Å². The molecular formula is C19H25N3O2S. The molecule has 2 aromatic heterocycles. The molecule has 6 heteroatoms. The standard InChI is InChI=1S/C17H18N2O2S.C2H7N/c1-9-10(2)22-17-15(9)16(18-11(3)19-17)12-6-7-13(20-4)14(8-12)21-5;1-3-2/h6-8H,1-5H3;3H,1-2H3. The van der Waals surface area contributed by atoms with Crippen molar-refractivity contribution in [2.75, 3.05) is 28.3 Å². The Kier molecular flexibility index (Phi) is 6.33. The van der Waals surface area contributed by atoms with E-state index in [1.54, 1.807) is 25.6 Å². The van der Waals surface area contributed by atoms with Crippen LogP contribution in [-0.4, -0.2) is 38.3 Å². The number of fused-ring (bicyclic) bond motifs is 1. The van der Waals surface area contributed by atoms with Crippen molar-refractivity contribution >= 4 is 21.6 Å². The van der Waals surface area contributed by atoms with Crippen LogP contribution in [0.3, 0.4) is 0 Å². The second-order valence-electron chi connectivity index (χ2n) is 5.65. The molecule has 0 fully saturated rings. The van der Waals surface area contributed by atoms with Gasteiger partial charge in [0.15, 0.2) is 11.5 Å². The summed E-state index contributed by atoms with van der Waals surface area (Å²) in [5, 5.41) is 3.88. The third-order valence-electron chi connectivity index (χ3n) is 3.80. The van der Waals surface area contributed by atoms with Crippen LogP contribution in [0.4, 0.5) is 0 Å². The molecule has 5 nitrogen and oxygen atoms in total. The summed E-state index contributed by atoms with van der Waals surface area (Å²) in [7, 11) is 7.03. The molecule has 0 spiro atoms. The molecule has 0 amide bonds. The lowest BCUT2D eigenvalue weighted by atomic mass is 10.1. The Morgan fingerprint density at radius 2 is 1.60 bits per heavy atom. The van der Waals surface area contributed by atoms with Crippen LogP contribution in [0, 0.1) is 20.8 Å². The van der Waals surface area contributed by atoms with Crippen LogP contribution < -0.4 is 14.8 Å². The van der Waals surface area contributed by atoms with Gasteiger partial charge in [-0.15, -0.1) is 11.3 Å². The van der Waals surface area contributed by atoms with E-state index in [4.69, 9.17) is 9.47 Å². The second-order valence-corrected chi connectivity index (χ2v) is 6.86. The molecule has 2 heterocycles. The summed E-state index contributed by atoms with van der Waals surface area (Å²) in [6.07, 6.45) is 0. The van der Waals surface area contributed by atoms with Crippen LogP contribution >= 0.6 is 11.3 Å². The number of rotatable bonds is 3. The smallest absolute Gasteiger partial charge is 0.161 e. The van der Waals surface area contributed by atoms with E-state index in [9.17, 15) is 0 Å². The van der Waals surface area contributed by atoms with Gasteiger partial charge in [0.1, 0.15) is 10.7 Å². The number of nitrogens with one attached hydrogen (secondary N) is 1. The highest BCUT2D eigenvalue weighted by atomic mass is 32.1. The van der Waals surface area contributed by atoms with Crippen LogP contribution in [0.15, 0.2) is 18.2 Å². The molecule has 0 atom stereocenters. The van der Waals surface area contributed by atoms with E-state index < -0.39 is 0 Å². The fraction of sp³-hybridized carbons (Fsp3) is 0.368. The third kappa shape index (κ3) is 3.91. The molecule has 3 aromatic rings. The zero-order chi connectivity index (χ0) is 18.6. The van der Waals surface area contributed by atoms with E-state index in [0.29, 0.717) is 11.5 Å². The minimum Gasteiger partial charge on any atom is -0.493 e. The fourth-order valence-corrected chi connectivity index (χ4v) is 3.62. The number of hydrogen-bond donors (Lipinski definition) is 1. The molecule has 25 heavy (non-hydrogen) atoms. The van der Waals surface area contributed by atoms with Crippen molar-refractivity contribution < 1.29 is 9.47 Å². The SMILES string of the molecule is CNC.COc1ccc(-c2nc(C)nc3sc(C)c(C)c23)cc1OC. The molecule has 0 radical (unpaired) electrons. The fourth-order valence-electron chi connectivity index (χ4n) is 2.55. The summed E-state index contributed by atoms with van der Waals surface area (Å²) < 4.78 is 10.7. The molecule has 0 saturated heterocycles. The number of nitrogens with zero attached hydrogens (tertiary/aromatic N) is 2. The molecule has 0 aliphatic heterocycles. The second kappa shape index (κ2) is 8.27. The first-order valence-corrected chi connectivity index (χ1v) is 8.83. The summed E-state index contributed by atoms with van der Waals surface area (Å²) >= 11 is 1.71. The van der Waals surface area contributed by atoms with Crippen molar-refractivity contribution in [1.29, 1.82) is 0 Å². The van der Waals surface area contributed by atoms with Gasteiger partial charge >= 0.3 is 0 Å². The summed E-state index contributed by atoms with van der Waals surface area (Å²) in [6, 6.07) is 5.88. The van der Waals surface area contributed by atoms with Gasteiger partial charge < -0.3 is 14.8 Å². The Balaban J connectivity index is 0.000000701. The minimum absolute atomic E-state index is 0.703. The van der Waals surface area contributed by atoms with Crippen LogP contribution in [0.2, 0.25) is 0 Å². The molecule has 0 aliphatic carbocycles. The first-order valence-electron chi connectivity index (χ1n) is 8.02. The Hall–Kier alpha value is -2.18. The highest BCUT2D eigenvalue weighted by Gasteiger charge is 2.16. The quantitative estimate of drug-likeness (QED) is 0.762. The molecule has 0 unspecified atom stereocenters. The Morgan fingerprint density at radius 3 is 2.20 bits per heavy atom. The minimum atomic E-state index is 0.703. The highest BCUT2D eigenvalue weighted by Crippen LogP contribution is 2.38. The molecule has 3 rings (SSSR count). The molecular weight excluding hydrogens is 334 g/mol. The topological polar surface area (TPSA) is 56.3 Å². The summed E-state index contributed by atoms with van der Waals surface area (Å²) in [6.45, 7) is 6.17. The molecule has 0 bridgehead atoms. The Morgan fingerprint density at radius 1 is 0.960 bits per heavy atom. The van der Waals surface area contributed by atoms with E-state index in [-0.39, 0.29) is 0 Å². The van der Waals surface area contributed by atoms with E-state index >= 15 is 0 Å². The lowest BCUT2D eigenvalue weighted by Crippen LogP contribution is -1.95. The maximum atomic E-state index is 5.41. The van der Waals surface area contributed by atoms with Crippen molar-refractivity contribution in [3.63, 3.8) is 0 Å². The lowest BCUT2D eigenvalue weighted by molar-refractivity contribution is 0.355. The predicted molar refractivity (Wildman–Crippen MR) is 105 cm³/mol. The molecule has 1 aromatic carbocycles. The number of aryl methyl sites for hydroxylation is 3. The van der Waals surface area contributed by atoms with Gasteiger partial charge in [-0.2, -0.15) is 0 Å². The van der Waals surface area contributed by atoms with Gasteiger partial charge in [0, 0.05) is 15.8 Å². The molecule has 1 N–H and O–H groups in total. The van der Waals surface area contributed by atoms with Crippen LogP contribution in [0.5, 0.6) is 11.5 Å². The normalized spacial score (nSPS) is 10.4. The maximum Gasteiger partial charge on any atom is 0.161 e. The Bertz CT molecular complexity index is 875. The van der Waals surface area contributed by atoms with Crippen LogP contribution in [0.25, 0.3) is 21.5 Å². The van der Waals surface area contributed by atoms with E-state index in [0.717, 1.165) is 27.3 Å². The zero-order valence-corrected chi connectivity index (χ0v) is 16.7. The monoisotopic (exact) mass is 359 g/mol. The number of hydrogen-bond acceptors (Lipinski definition) is 6. The summed E-state index contributed by atoms with van der Waals surface area (Å²) in [4.78, 5) is 11.6. The zero-order valence-electron chi connectivity index (χ0n) is 15.9. The van der Waals surface area contributed by atoms with Crippen molar-refractivity contribution in [3.8, 4) is 22.8 Å². The summed E-state index contributed by atoms with van der Waals surface area (Å²) in [5.74, 6) is 2.19. The number of ether oxygens (including phenoxy) is 2. The Labute approximate surface area is 153 Å². The maximum absolute atomic E-state index is 5.41. The van der Waals surface area contributed by atoms with Crippen LogP contribution in [0.1, 0.15) is 16.3 Å². The number of thiophene rings is 1. The molecule has 0 aliphatic rings. The third-order valence-corrected chi connectivity index (χ3v) is 4.90. The van der Waals surface area contributed by atoms with Crippen LogP contribution in [-0.2, 0) is 0 Å². The van der Waals surface area contributed by atoms with Crippen molar-refractivity contribution in [1.82, 2.24) is 15.3 Å². The average Bonchev–Trinajstić information content (AvgIpc) is 2.88. The van der Waals surface area contributed by atoms with E-state index in [1.165, 1.54) is 10.4 Å². The van der Waals surface area contributed by atoms with Crippen molar-refractivity contribution in [3.05, 3.63) is 34.5 Å². The number of methoxy groups -OCH3 is 2. The molecule has 0 saturated carbocycles. The predicted octanol–water partition coefficient (Wildman–Crippen LogP) is 4.14. The van der Waals surface area contributed by atoms with Gasteiger partial charge in [0.2, 0.25) is 0 Å². The lowest BCUT2D eigenvalue weighted by Gasteiger charge is -2.10. The largest absolute Gasteiger partial charge is 0.493 e. The highest BCUT2D eigenvalue weighted by molar-refractivity contribution is 7.18. The average molecular weight is 359 g/mol. The van der Waals surface area contributed by atoms with Gasteiger partial charge in [-0.1, -0.05) is 0 Å². The van der Waals surface area contributed by atoms with Gasteiger partial charge in [0.05, 0.1) is 19.9 Å². The van der Waals surface area contributed by atoms with Crippen molar-refractivity contribution in [2.24, 2.45) is 0 Å². The van der Waals surface area contributed by atoms with Gasteiger partial charge in [-0.05, 0) is 58.6 Å². The van der Waals surface area contributed by atoms with E-state index in [1.807, 2.05) is 39.2 Å². The summed E-state index contributed by atoms with van der Waals surface area (Å²) in [5.41, 5.74) is 3.20. The first-order chi connectivity index (χ1) is 12.0. The first kappa shape index (κ1) is 19.1. The van der Waals surface area contributed by atoms with Gasteiger partial charge in [-0.3, -0.25) is 0 Å².